The van der Waals surface area contributed by atoms with E-state index in [1.54, 1.807) is 24.4 Å². The number of hydrogen-bond acceptors (Lipinski definition) is 2. The Morgan fingerprint density at radius 3 is 2.58 bits per heavy atom. The molecule has 24 heavy (non-hydrogen) atoms. The van der Waals surface area contributed by atoms with Crippen molar-refractivity contribution in [3.8, 4) is 0 Å². The predicted octanol–water partition coefficient (Wildman–Crippen LogP) is 4.39. The molecule has 1 aromatic heterocycles. The molecule has 122 valence electrons. The largest absolute Gasteiger partial charge is 0.409 e. The maximum absolute atomic E-state index is 12.2. The topological polar surface area (TPSA) is 57.8 Å². The quantitative estimate of drug-likeness (QED) is 0.748. The van der Waals surface area contributed by atoms with Crippen LogP contribution >= 0.6 is 0 Å². The highest BCUT2D eigenvalue weighted by Crippen LogP contribution is 2.19. The summed E-state index contributed by atoms with van der Waals surface area (Å²) in [6.45, 7) is 0. The first-order valence-electron chi connectivity index (χ1n) is 7.01. The molecule has 0 aliphatic rings. The third-order valence-electron chi connectivity index (χ3n) is 3.34. The van der Waals surface area contributed by atoms with Crippen LogP contribution in [0.3, 0.4) is 0 Å². The molecule has 3 aromatic rings. The van der Waals surface area contributed by atoms with Gasteiger partial charge in [-0.3, -0.25) is 9.89 Å². The summed E-state index contributed by atoms with van der Waals surface area (Å²) in [7, 11) is 0. The zero-order valence-electron chi connectivity index (χ0n) is 12.3. The molecule has 2 N–H and O–H groups in total. The van der Waals surface area contributed by atoms with Crippen molar-refractivity contribution in [3.05, 3.63) is 65.9 Å². The number of allylic oxidation sites excluding steroid dienone is 1. The molecule has 0 atom stereocenters. The van der Waals surface area contributed by atoms with Crippen molar-refractivity contribution in [1.29, 1.82) is 0 Å². The minimum absolute atomic E-state index is 0.155. The monoisotopic (exact) mass is 331 g/mol. The number of alkyl halides is 3. The first kappa shape index (κ1) is 15.8. The number of aromatic nitrogens is 2. The number of hydrogen-bond donors (Lipinski definition) is 2. The van der Waals surface area contributed by atoms with E-state index in [9.17, 15) is 18.0 Å². The number of fused-ring (bicyclic) bond motifs is 1. The summed E-state index contributed by atoms with van der Waals surface area (Å²) < 4.78 is 36.4. The van der Waals surface area contributed by atoms with Gasteiger partial charge in [0.05, 0.1) is 11.7 Å². The van der Waals surface area contributed by atoms with Gasteiger partial charge in [0.15, 0.2) is 0 Å². The van der Waals surface area contributed by atoms with Gasteiger partial charge < -0.3 is 5.32 Å². The second-order valence-electron chi connectivity index (χ2n) is 5.12. The standard InChI is InChI=1S/C17H12F3N3O/c18-17(19,20)8-7-11-1-3-12(4-2-11)16(24)22-14-5-6-15-13(9-14)10-21-23-15/h1-10H,(H,21,23)(H,22,24)/b8-7+. The van der Waals surface area contributed by atoms with Gasteiger partial charge in [-0.1, -0.05) is 18.2 Å². The molecule has 0 aliphatic heterocycles. The summed E-state index contributed by atoms with van der Waals surface area (Å²) in [5.74, 6) is -0.343. The number of nitrogens with one attached hydrogen (secondary N) is 2. The molecule has 4 nitrogen and oxygen atoms in total. The molecule has 1 heterocycles. The Labute approximate surface area is 135 Å². The zero-order valence-corrected chi connectivity index (χ0v) is 12.3. The van der Waals surface area contributed by atoms with E-state index in [1.807, 2.05) is 0 Å². The van der Waals surface area contributed by atoms with Crippen LogP contribution in [-0.2, 0) is 0 Å². The van der Waals surface area contributed by atoms with E-state index < -0.39 is 6.18 Å². The summed E-state index contributed by atoms with van der Waals surface area (Å²) in [4.78, 5) is 12.2. The van der Waals surface area contributed by atoms with E-state index in [-0.39, 0.29) is 12.0 Å². The van der Waals surface area contributed by atoms with E-state index in [1.165, 1.54) is 24.3 Å². The van der Waals surface area contributed by atoms with Crippen LogP contribution in [0.1, 0.15) is 15.9 Å². The van der Waals surface area contributed by atoms with Gasteiger partial charge in [0, 0.05) is 22.7 Å². The second-order valence-corrected chi connectivity index (χ2v) is 5.12. The van der Waals surface area contributed by atoms with E-state index in [4.69, 9.17) is 0 Å². The highest BCUT2D eigenvalue weighted by molar-refractivity contribution is 6.05. The van der Waals surface area contributed by atoms with E-state index in [0.29, 0.717) is 16.8 Å². The number of benzene rings is 2. The van der Waals surface area contributed by atoms with Crippen LogP contribution in [0, 0.1) is 0 Å². The molecule has 0 bridgehead atoms. The van der Waals surface area contributed by atoms with Crippen molar-refractivity contribution in [1.82, 2.24) is 10.2 Å². The molecular formula is C17H12F3N3O. The van der Waals surface area contributed by atoms with Gasteiger partial charge in [0.1, 0.15) is 0 Å². The van der Waals surface area contributed by atoms with Gasteiger partial charge in [-0.05, 0) is 35.9 Å². The first-order chi connectivity index (χ1) is 11.4. The van der Waals surface area contributed by atoms with Crippen molar-refractivity contribution in [2.45, 2.75) is 6.18 Å². The lowest BCUT2D eigenvalue weighted by Crippen LogP contribution is -2.11. The molecule has 0 saturated heterocycles. The fourth-order valence-corrected chi connectivity index (χ4v) is 2.16. The Morgan fingerprint density at radius 2 is 1.88 bits per heavy atom. The van der Waals surface area contributed by atoms with Gasteiger partial charge in [0.25, 0.3) is 5.91 Å². The van der Waals surface area contributed by atoms with Crippen LogP contribution in [0.5, 0.6) is 0 Å². The Balaban J connectivity index is 1.71. The summed E-state index contributed by atoms with van der Waals surface area (Å²) in [5.41, 5.74) is 2.18. The smallest absolute Gasteiger partial charge is 0.322 e. The number of rotatable bonds is 3. The van der Waals surface area contributed by atoms with Crippen molar-refractivity contribution in [2.24, 2.45) is 0 Å². The molecule has 0 aliphatic carbocycles. The van der Waals surface area contributed by atoms with Gasteiger partial charge in [-0.15, -0.1) is 0 Å². The highest BCUT2D eigenvalue weighted by atomic mass is 19.4. The average molecular weight is 331 g/mol. The number of aromatic amines is 1. The maximum Gasteiger partial charge on any atom is 0.409 e. The van der Waals surface area contributed by atoms with Gasteiger partial charge >= 0.3 is 6.18 Å². The number of nitrogens with zero attached hydrogens (tertiary/aromatic N) is 1. The molecule has 3 rings (SSSR count). The molecule has 0 radical (unpaired) electrons. The Bertz CT molecular complexity index is 895. The van der Waals surface area contributed by atoms with E-state index >= 15 is 0 Å². The first-order valence-corrected chi connectivity index (χ1v) is 7.01. The zero-order chi connectivity index (χ0) is 17.2. The number of H-pyrrole nitrogens is 1. The molecule has 0 saturated carbocycles. The van der Waals surface area contributed by atoms with Crippen LogP contribution in [0.4, 0.5) is 18.9 Å². The Hall–Kier alpha value is -3.09. The maximum atomic E-state index is 12.2. The lowest BCUT2D eigenvalue weighted by molar-refractivity contribution is -0.0790. The molecule has 0 fully saturated rings. The van der Waals surface area contributed by atoms with Crippen LogP contribution in [0.15, 0.2) is 54.7 Å². The van der Waals surface area contributed by atoms with Crippen molar-refractivity contribution in [3.63, 3.8) is 0 Å². The van der Waals surface area contributed by atoms with Gasteiger partial charge in [-0.25, -0.2) is 0 Å². The summed E-state index contributed by atoms with van der Waals surface area (Å²) in [5, 5.41) is 10.3. The Kier molecular flexibility index (Phi) is 4.07. The predicted molar refractivity (Wildman–Crippen MR) is 85.6 cm³/mol. The molecule has 0 spiro atoms. The summed E-state index contributed by atoms with van der Waals surface area (Å²) >= 11 is 0. The Morgan fingerprint density at radius 1 is 1.12 bits per heavy atom. The van der Waals surface area contributed by atoms with Crippen molar-refractivity contribution in [2.75, 3.05) is 5.32 Å². The van der Waals surface area contributed by atoms with Crippen molar-refractivity contribution < 1.29 is 18.0 Å². The lowest BCUT2D eigenvalue weighted by Gasteiger charge is -2.06. The number of carbonyl (C=O) groups is 1. The fourth-order valence-electron chi connectivity index (χ4n) is 2.16. The van der Waals surface area contributed by atoms with E-state index in [0.717, 1.165) is 17.0 Å². The number of anilines is 1. The minimum atomic E-state index is -4.36. The van der Waals surface area contributed by atoms with Crippen LogP contribution < -0.4 is 5.32 Å². The molecule has 1 amide bonds. The molecule has 2 aromatic carbocycles. The highest BCUT2D eigenvalue weighted by Gasteiger charge is 2.21. The minimum Gasteiger partial charge on any atom is -0.322 e. The van der Waals surface area contributed by atoms with Crippen LogP contribution in [-0.4, -0.2) is 22.3 Å². The molecule has 7 heteroatoms. The van der Waals surface area contributed by atoms with Gasteiger partial charge in [-0.2, -0.15) is 18.3 Å². The van der Waals surface area contributed by atoms with Crippen molar-refractivity contribution >= 4 is 28.6 Å². The van der Waals surface area contributed by atoms with Crippen LogP contribution in [0.25, 0.3) is 17.0 Å². The third-order valence-corrected chi connectivity index (χ3v) is 3.34. The third kappa shape index (κ3) is 3.81. The summed E-state index contributed by atoms with van der Waals surface area (Å²) in [6, 6.07) is 11.2. The number of carbonyl (C=O) groups excluding carboxylic acids is 1. The summed E-state index contributed by atoms with van der Waals surface area (Å²) in [6.07, 6.45) is -1.61. The number of amides is 1. The number of halogens is 3. The normalized spacial score (nSPS) is 12.0. The second kappa shape index (κ2) is 6.19. The fraction of sp³-hybridized carbons (Fsp3) is 0.0588. The average Bonchev–Trinajstić information content (AvgIpc) is 3.00. The van der Waals surface area contributed by atoms with Gasteiger partial charge in [0.2, 0.25) is 0 Å². The molecule has 0 unspecified atom stereocenters. The van der Waals surface area contributed by atoms with E-state index in [2.05, 4.69) is 15.5 Å². The van der Waals surface area contributed by atoms with Crippen LogP contribution in [0.2, 0.25) is 0 Å². The SMILES string of the molecule is O=C(Nc1ccc2[nH]ncc2c1)c1ccc(/C=C/C(F)(F)F)cc1. The lowest BCUT2D eigenvalue weighted by atomic mass is 10.1. The molecular weight excluding hydrogens is 319 g/mol.